The molecule has 3 N–H and O–H groups in total. The van der Waals surface area contributed by atoms with E-state index in [0.29, 0.717) is 11.3 Å². The molecule has 6 nitrogen and oxygen atoms in total. The third-order valence-corrected chi connectivity index (χ3v) is 3.13. The zero-order chi connectivity index (χ0) is 19.2. The second-order valence-electron chi connectivity index (χ2n) is 5.13. The minimum Gasteiger partial charge on any atom is -0.343 e. The number of alkyl halides is 3. The fourth-order valence-corrected chi connectivity index (χ4v) is 1.90. The van der Waals surface area contributed by atoms with E-state index in [4.69, 9.17) is 0 Å². The Morgan fingerprint density at radius 3 is 1.88 bits per heavy atom. The first-order chi connectivity index (χ1) is 12.3. The predicted molar refractivity (Wildman–Crippen MR) is 88.5 cm³/mol. The maximum absolute atomic E-state index is 12.2. The van der Waals surface area contributed by atoms with Crippen molar-refractivity contribution in [2.45, 2.75) is 6.18 Å². The molecule has 3 amide bonds. The van der Waals surface area contributed by atoms with E-state index in [9.17, 15) is 27.6 Å². The highest BCUT2D eigenvalue weighted by atomic mass is 19.4. The highest BCUT2D eigenvalue weighted by molar-refractivity contribution is 5.99. The molecule has 2 aromatic carbocycles. The van der Waals surface area contributed by atoms with E-state index in [1.165, 1.54) is 24.3 Å². The first kappa shape index (κ1) is 19.0. The summed E-state index contributed by atoms with van der Waals surface area (Å²) in [6, 6.07) is 13.4. The summed E-state index contributed by atoms with van der Waals surface area (Å²) >= 11 is 0. The molecule has 0 bridgehead atoms. The molecule has 0 aliphatic heterocycles. The Bertz CT molecular complexity index is 790. The molecule has 0 saturated heterocycles. The second-order valence-corrected chi connectivity index (χ2v) is 5.13. The minimum atomic E-state index is -4.98. The third-order valence-electron chi connectivity index (χ3n) is 3.13. The molecule has 0 aromatic heterocycles. The van der Waals surface area contributed by atoms with Gasteiger partial charge >= 0.3 is 12.1 Å². The lowest BCUT2D eigenvalue weighted by atomic mass is 10.2. The monoisotopic (exact) mass is 365 g/mol. The zero-order valence-corrected chi connectivity index (χ0v) is 13.3. The first-order valence-corrected chi connectivity index (χ1v) is 7.37. The van der Waals surface area contributed by atoms with Crippen molar-refractivity contribution in [3.63, 3.8) is 0 Å². The molecular weight excluding hydrogens is 351 g/mol. The summed E-state index contributed by atoms with van der Waals surface area (Å²) in [6.07, 6.45) is -4.98. The zero-order valence-electron chi connectivity index (χ0n) is 13.3. The van der Waals surface area contributed by atoms with E-state index >= 15 is 0 Å². The van der Waals surface area contributed by atoms with Gasteiger partial charge in [-0.15, -0.1) is 0 Å². The van der Waals surface area contributed by atoms with Crippen LogP contribution in [0.3, 0.4) is 0 Å². The standard InChI is InChI=1S/C17H14F3N3O3/c18-17(19,20)16(26)23-13-8-6-12(7-9-13)22-14(24)10-21-15(25)11-4-2-1-3-5-11/h1-9H,10H2,(H,21,25)(H,22,24)(H,23,26). The van der Waals surface area contributed by atoms with Gasteiger partial charge in [0.15, 0.2) is 0 Å². The van der Waals surface area contributed by atoms with Crippen molar-refractivity contribution in [2.24, 2.45) is 0 Å². The van der Waals surface area contributed by atoms with Crippen molar-refractivity contribution >= 4 is 29.1 Å². The number of anilines is 2. The topological polar surface area (TPSA) is 87.3 Å². The van der Waals surface area contributed by atoms with Crippen LogP contribution in [-0.2, 0) is 9.59 Å². The number of hydrogen-bond acceptors (Lipinski definition) is 3. The lowest BCUT2D eigenvalue weighted by Crippen LogP contribution is -2.32. The van der Waals surface area contributed by atoms with Crippen LogP contribution in [0.2, 0.25) is 0 Å². The molecule has 0 heterocycles. The van der Waals surface area contributed by atoms with Gasteiger partial charge in [0.2, 0.25) is 5.91 Å². The van der Waals surface area contributed by atoms with Crippen LogP contribution in [-0.4, -0.2) is 30.4 Å². The number of carbonyl (C=O) groups excluding carboxylic acids is 3. The molecule has 9 heteroatoms. The molecule has 0 aliphatic rings. The van der Waals surface area contributed by atoms with Crippen LogP contribution < -0.4 is 16.0 Å². The fourth-order valence-electron chi connectivity index (χ4n) is 1.90. The van der Waals surface area contributed by atoms with Crippen molar-refractivity contribution in [1.29, 1.82) is 0 Å². The van der Waals surface area contributed by atoms with E-state index in [2.05, 4.69) is 10.6 Å². The van der Waals surface area contributed by atoms with Crippen LogP contribution >= 0.6 is 0 Å². The van der Waals surface area contributed by atoms with Gasteiger partial charge in [-0.2, -0.15) is 13.2 Å². The van der Waals surface area contributed by atoms with Crippen molar-refractivity contribution in [2.75, 3.05) is 17.2 Å². The number of hydrogen-bond donors (Lipinski definition) is 3. The number of nitrogens with one attached hydrogen (secondary N) is 3. The molecule has 2 aromatic rings. The van der Waals surface area contributed by atoms with Crippen molar-refractivity contribution in [3.8, 4) is 0 Å². The molecule has 0 radical (unpaired) electrons. The number of amides is 3. The Balaban J connectivity index is 1.84. The Hall–Kier alpha value is -3.36. The quantitative estimate of drug-likeness (QED) is 0.761. The summed E-state index contributed by atoms with van der Waals surface area (Å²) in [5.41, 5.74) is 0.640. The summed E-state index contributed by atoms with van der Waals surface area (Å²) in [6.45, 7) is -0.277. The highest BCUT2D eigenvalue weighted by Crippen LogP contribution is 2.19. The molecule has 0 fully saturated rings. The van der Waals surface area contributed by atoms with E-state index < -0.39 is 23.9 Å². The number of benzene rings is 2. The number of carbonyl (C=O) groups is 3. The van der Waals surface area contributed by atoms with Crippen molar-refractivity contribution < 1.29 is 27.6 Å². The molecule has 136 valence electrons. The van der Waals surface area contributed by atoms with E-state index in [0.717, 1.165) is 0 Å². The van der Waals surface area contributed by atoms with E-state index in [-0.39, 0.29) is 12.2 Å². The van der Waals surface area contributed by atoms with Gasteiger partial charge in [0.05, 0.1) is 6.54 Å². The van der Waals surface area contributed by atoms with Gasteiger partial charge in [-0.3, -0.25) is 14.4 Å². The molecule has 0 spiro atoms. The van der Waals surface area contributed by atoms with Gasteiger partial charge in [-0.25, -0.2) is 0 Å². The Kier molecular flexibility index (Phi) is 5.94. The minimum absolute atomic E-state index is 0.0669. The molecule has 2 rings (SSSR count). The van der Waals surface area contributed by atoms with Gasteiger partial charge in [0, 0.05) is 16.9 Å². The molecule has 0 saturated carbocycles. The summed E-state index contributed by atoms with van der Waals surface area (Å²) < 4.78 is 36.5. The Morgan fingerprint density at radius 2 is 1.35 bits per heavy atom. The van der Waals surface area contributed by atoms with Gasteiger partial charge in [0.25, 0.3) is 5.91 Å². The van der Waals surface area contributed by atoms with Gasteiger partial charge in [-0.1, -0.05) is 18.2 Å². The normalized spacial score (nSPS) is 10.7. The van der Waals surface area contributed by atoms with Crippen molar-refractivity contribution in [3.05, 3.63) is 60.2 Å². The molecule has 0 aliphatic carbocycles. The lowest BCUT2D eigenvalue weighted by Gasteiger charge is -2.10. The predicted octanol–water partition coefficient (Wildman–Crippen LogP) is 2.56. The van der Waals surface area contributed by atoms with Crippen LogP contribution in [0.4, 0.5) is 24.5 Å². The number of rotatable bonds is 5. The molecule has 0 unspecified atom stereocenters. The second kappa shape index (κ2) is 8.15. The highest BCUT2D eigenvalue weighted by Gasteiger charge is 2.38. The van der Waals surface area contributed by atoms with Crippen LogP contribution in [0, 0.1) is 0 Å². The van der Waals surface area contributed by atoms with E-state index in [1.807, 2.05) is 0 Å². The smallest absolute Gasteiger partial charge is 0.343 e. The first-order valence-electron chi connectivity index (χ1n) is 7.37. The maximum atomic E-state index is 12.2. The Labute approximate surface area is 146 Å². The lowest BCUT2D eigenvalue weighted by molar-refractivity contribution is -0.167. The average Bonchev–Trinajstić information content (AvgIpc) is 2.61. The summed E-state index contributed by atoms with van der Waals surface area (Å²) in [4.78, 5) is 34.4. The summed E-state index contributed by atoms with van der Waals surface area (Å²) in [5, 5.41) is 6.60. The summed E-state index contributed by atoms with van der Waals surface area (Å²) in [7, 11) is 0. The van der Waals surface area contributed by atoms with Crippen LogP contribution in [0.1, 0.15) is 10.4 Å². The fraction of sp³-hybridized carbons (Fsp3) is 0.118. The Morgan fingerprint density at radius 1 is 0.808 bits per heavy atom. The molecule has 0 atom stereocenters. The number of halogens is 3. The van der Waals surface area contributed by atoms with Gasteiger partial charge in [0.1, 0.15) is 0 Å². The third kappa shape index (κ3) is 5.62. The average molecular weight is 365 g/mol. The molecular formula is C17H14F3N3O3. The van der Waals surface area contributed by atoms with Crippen LogP contribution in [0.5, 0.6) is 0 Å². The van der Waals surface area contributed by atoms with Crippen LogP contribution in [0.25, 0.3) is 0 Å². The van der Waals surface area contributed by atoms with Crippen molar-refractivity contribution in [1.82, 2.24) is 5.32 Å². The summed E-state index contributed by atoms with van der Waals surface area (Å²) in [5.74, 6) is -3.01. The maximum Gasteiger partial charge on any atom is 0.471 e. The van der Waals surface area contributed by atoms with Crippen LogP contribution in [0.15, 0.2) is 54.6 Å². The van der Waals surface area contributed by atoms with Gasteiger partial charge in [-0.05, 0) is 36.4 Å². The SMILES string of the molecule is O=C(CNC(=O)c1ccccc1)Nc1ccc(NC(=O)C(F)(F)F)cc1. The largest absolute Gasteiger partial charge is 0.471 e. The van der Waals surface area contributed by atoms with Gasteiger partial charge < -0.3 is 16.0 Å². The van der Waals surface area contributed by atoms with E-state index in [1.54, 1.807) is 35.6 Å². The molecule has 26 heavy (non-hydrogen) atoms.